The van der Waals surface area contributed by atoms with Crippen LogP contribution in [-0.4, -0.2) is 30.3 Å². The number of aromatic carboxylic acids is 1. The van der Waals surface area contributed by atoms with Crippen LogP contribution < -0.4 is 9.64 Å². The number of anilines is 1. The standard InChI is InChI=1S/C21H19NO4/c1-22(2)18-12-15(14-6-4-3-5-7-14)8-11-20(18)26-16-9-10-17(21(24)25)19(23)13-16/h3-13,23H,1-2H3,(H,24,25). The molecule has 0 unspecified atom stereocenters. The molecule has 132 valence electrons. The second-order valence-electron chi connectivity index (χ2n) is 6.03. The van der Waals surface area contributed by atoms with Gasteiger partial charge in [-0.05, 0) is 35.4 Å². The fourth-order valence-electron chi connectivity index (χ4n) is 2.65. The third kappa shape index (κ3) is 3.62. The van der Waals surface area contributed by atoms with Gasteiger partial charge in [0.05, 0.1) is 5.69 Å². The zero-order valence-corrected chi connectivity index (χ0v) is 14.5. The predicted octanol–water partition coefficient (Wildman–Crippen LogP) is 4.62. The molecule has 0 aliphatic carbocycles. The van der Waals surface area contributed by atoms with Crippen molar-refractivity contribution in [2.45, 2.75) is 0 Å². The summed E-state index contributed by atoms with van der Waals surface area (Å²) in [5, 5.41) is 18.8. The zero-order chi connectivity index (χ0) is 18.7. The quantitative estimate of drug-likeness (QED) is 0.703. The maximum Gasteiger partial charge on any atom is 0.339 e. The van der Waals surface area contributed by atoms with Crippen LogP contribution in [0.3, 0.4) is 0 Å². The Labute approximate surface area is 151 Å². The summed E-state index contributed by atoms with van der Waals surface area (Å²) in [7, 11) is 3.84. The van der Waals surface area contributed by atoms with Crippen LogP contribution in [0.2, 0.25) is 0 Å². The number of ether oxygens (including phenoxy) is 1. The molecule has 26 heavy (non-hydrogen) atoms. The highest BCUT2D eigenvalue weighted by Crippen LogP contribution is 2.36. The molecule has 0 atom stereocenters. The van der Waals surface area contributed by atoms with Gasteiger partial charge in [0.1, 0.15) is 17.1 Å². The normalized spacial score (nSPS) is 10.4. The SMILES string of the molecule is CN(C)c1cc(-c2ccccc2)ccc1Oc1ccc(C(=O)O)c(O)c1. The molecule has 0 heterocycles. The third-order valence-electron chi connectivity index (χ3n) is 3.98. The van der Waals surface area contributed by atoms with Gasteiger partial charge in [0.2, 0.25) is 0 Å². The Morgan fingerprint density at radius 2 is 1.65 bits per heavy atom. The van der Waals surface area contributed by atoms with Gasteiger partial charge in [0.15, 0.2) is 5.75 Å². The summed E-state index contributed by atoms with van der Waals surface area (Å²) >= 11 is 0. The third-order valence-corrected chi connectivity index (χ3v) is 3.98. The predicted molar refractivity (Wildman–Crippen MR) is 101 cm³/mol. The lowest BCUT2D eigenvalue weighted by Gasteiger charge is -2.19. The van der Waals surface area contributed by atoms with E-state index in [0.29, 0.717) is 11.5 Å². The Bertz CT molecular complexity index is 936. The van der Waals surface area contributed by atoms with Crippen LogP contribution in [0.1, 0.15) is 10.4 Å². The molecule has 5 nitrogen and oxygen atoms in total. The highest BCUT2D eigenvalue weighted by Gasteiger charge is 2.13. The lowest BCUT2D eigenvalue weighted by atomic mass is 10.0. The van der Waals surface area contributed by atoms with Crippen LogP contribution in [-0.2, 0) is 0 Å². The van der Waals surface area contributed by atoms with Crippen molar-refractivity contribution in [3.8, 4) is 28.4 Å². The lowest BCUT2D eigenvalue weighted by Crippen LogP contribution is -2.10. The molecule has 0 amide bonds. The van der Waals surface area contributed by atoms with Gasteiger partial charge in [-0.25, -0.2) is 4.79 Å². The highest BCUT2D eigenvalue weighted by molar-refractivity contribution is 5.91. The van der Waals surface area contributed by atoms with E-state index in [0.717, 1.165) is 16.8 Å². The average Bonchev–Trinajstić information content (AvgIpc) is 2.62. The van der Waals surface area contributed by atoms with Crippen molar-refractivity contribution < 1.29 is 19.7 Å². The number of rotatable bonds is 5. The number of aromatic hydroxyl groups is 1. The van der Waals surface area contributed by atoms with Crippen molar-refractivity contribution in [1.29, 1.82) is 0 Å². The van der Waals surface area contributed by atoms with E-state index in [1.807, 2.05) is 67.5 Å². The van der Waals surface area contributed by atoms with E-state index in [9.17, 15) is 9.90 Å². The first kappa shape index (κ1) is 17.4. The first-order valence-electron chi connectivity index (χ1n) is 8.06. The highest BCUT2D eigenvalue weighted by atomic mass is 16.5. The number of nitrogens with zero attached hydrogens (tertiary/aromatic N) is 1. The lowest BCUT2D eigenvalue weighted by molar-refractivity contribution is 0.0693. The Hall–Kier alpha value is -3.47. The van der Waals surface area contributed by atoms with Gasteiger partial charge in [-0.1, -0.05) is 36.4 Å². The molecule has 0 saturated heterocycles. The smallest absolute Gasteiger partial charge is 0.339 e. The molecule has 0 aromatic heterocycles. The number of benzene rings is 3. The van der Waals surface area contributed by atoms with E-state index in [-0.39, 0.29) is 11.3 Å². The van der Waals surface area contributed by atoms with Gasteiger partial charge in [-0.3, -0.25) is 0 Å². The topological polar surface area (TPSA) is 70.0 Å². The van der Waals surface area contributed by atoms with E-state index in [1.165, 1.54) is 18.2 Å². The summed E-state index contributed by atoms with van der Waals surface area (Å²) in [5.74, 6) is -0.544. The summed E-state index contributed by atoms with van der Waals surface area (Å²) in [6.07, 6.45) is 0. The molecule has 0 fully saturated rings. The summed E-state index contributed by atoms with van der Waals surface area (Å²) in [6, 6.07) is 20.0. The number of carbonyl (C=O) groups is 1. The van der Waals surface area contributed by atoms with Gasteiger partial charge in [0, 0.05) is 20.2 Å². The first-order chi connectivity index (χ1) is 12.5. The Balaban J connectivity index is 1.95. The molecule has 3 aromatic rings. The molecule has 0 radical (unpaired) electrons. The van der Waals surface area contributed by atoms with Crippen LogP contribution >= 0.6 is 0 Å². The van der Waals surface area contributed by atoms with Crippen LogP contribution in [0.5, 0.6) is 17.2 Å². The molecule has 3 aromatic carbocycles. The fourth-order valence-corrected chi connectivity index (χ4v) is 2.65. The fraction of sp³-hybridized carbons (Fsp3) is 0.0952. The van der Waals surface area contributed by atoms with Gasteiger partial charge in [0.25, 0.3) is 0 Å². The van der Waals surface area contributed by atoms with Crippen LogP contribution in [0.4, 0.5) is 5.69 Å². The first-order valence-corrected chi connectivity index (χ1v) is 8.06. The van der Waals surface area contributed by atoms with Gasteiger partial charge < -0.3 is 19.8 Å². The van der Waals surface area contributed by atoms with E-state index in [4.69, 9.17) is 9.84 Å². The Morgan fingerprint density at radius 1 is 0.923 bits per heavy atom. The van der Waals surface area contributed by atoms with Gasteiger partial charge in [-0.2, -0.15) is 0 Å². The molecule has 2 N–H and O–H groups in total. The monoisotopic (exact) mass is 349 g/mol. The largest absolute Gasteiger partial charge is 0.507 e. The summed E-state index contributed by atoms with van der Waals surface area (Å²) in [5.41, 5.74) is 2.87. The van der Waals surface area contributed by atoms with Crippen LogP contribution in [0.25, 0.3) is 11.1 Å². The summed E-state index contributed by atoms with van der Waals surface area (Å²) in [4.78, 5) is 12.9. The van der Waals surface area contributed by atoms with Crippen LogP contribution in [0.15, 0.2) is 66.7 Å². The molecular weight excluding hydrogens is 330 g/mol. The minimum absolute atomic E-state index is 0.162. The molecule has 0 bridgehead atoms. The van der Waals surface area contributed by atoms with Gasteiger partial charge in [-0.15, -0.1) is 0 Å². The van der Waals surface area contributed by atoms with E-state index >= 15 is 0 Å². The second-order valence-corrected chi connectivity index (χ2v) is 6.03. The van der Waals surface area contributed by atoms with Gasteiger partial charge >= 0.3 is 5.97 Å². The molecule has 0 aliphatic rings. The molecular formula is C21H19NO4. The molecule has 0 saturated carbocycles. The van der Waals surface area contributed by atoms with Crippen molar-refractivity contribution in [2.24, 2.45) is 0 Å². The van der Waals surface area contributed by atoms with E-state index in [2.05, 4.69) is 0 Å². The number of phenols is 1. The van der Waals surface area contributed by atoms with E-state index < -0.39 is 5.97 Å². The summed E-state index contributed by atoms with van der Waals surface area (Å²) < 4.78 is 5.88. The van der Waals surface area contributed by atoms with Crippen LogP contribution in [0, 0.1) is 0 Å². The maximum atomic E-state index is 11.0. The maximum absolute atomic E-state index is 11.0. The average molecular weight is 349 g/mol. The summed E-state index contributed by atoms with van der Waals surface area (Å²) in [6.45, 7) is 0. The van der Waals surface area contributed by atoms with Crippen molar-refractivity contribution in [3.05, 3.63) is 72.3 Å². The van der Waals surface area contributed by atoms with Crippen molar-refractivity contribution in [1.82, 2.24) is 0 Å². The minimum atomic E-state index is -1.18. The minimum Gasteiger partial charge on any atom is -0.507 e. The van der Waals surface area contributed by atoms with Crippen molar-refractivity contribution in [3.63, 3.8) is 0 Å². The second kappa shape index (κ2) is 7.19. The number of hydrogen-bond acceptors (Lipinski definition) is 4. The van der Waals surface area contributed by atoms with E-state index in [1.54, 1.807) is 0 Å². The number of hydrogen-bond donors (Lipinski definition) is 2. The molecule has 3 rings (SSSR count). The Morgan fingerprint density at radius 3 is 2.27 bits per heavy atom. The molecule has 0 aliphatic heterocycles. The number of carboxylic acids is 1. The van der Waals surface area contributed by atoms with Crippen molar-refractivity contribution >= 4 is 11.7 Å². The Kier molecular flexibility index (Phi) is 4.80. The zero-order valence-electron chi connectivity index (χ0n) is 14.5. The molecule has 5 heteroatoms. The number of carboxylic acid groups (broad SMARTS) is 1. The molecule has 0 spiro atoms. The van der Waals surface area contributed by atoms with Crippen molar-refractivity contribution in [2.75, 3.05) is 19.0 Å².